The fourth-order valence-corrected chi connectivity index (χ4v) is 3.66. The number of likely N-dealkylation sites (N-methyl/N-ethyl adjacent to an activating group) is 1. The molecule has 0 radical (unpaired) electrons. The lowest BCUT2D eigenvalue weighted by Crippen LogP contribution is -2.51. The maximum absolute atomic E-state index is 13.5. The number of nitrogens with two attached hydrogens (primary N) is 1. The van der Waals surface area contributed by atoms with Gasteiger partial charge in [-0.3, -0.25) is 9.59 Å². The largest absolute Gasteiger partial charge is 0.457 e. The molecule has 0 spiro atoms. The quantitative estimate of drug-likeness (QED) is 0.687. The maximum atomic E-state index is 13.5. The number of carbonyl (C=O) groups excluding carboxylic acids is 2. The molecule has 10 heteroatoms. The number of primary amides is 1. The minimum atomic E-state index is -1.46. The van der Waals surface area contributed by atoms with Crippen molar-refractivity contribution in [2.45, 2.75) is 18.4 Å². The molecule has 1 atom stereocenters. The summed E-state index contributed by atoms with van der Waals surface area (Å²) in [5.41, 5.74) is 5.00. The maximum Gasteiger partial charge on any atom is 0.248 e. The second-order valence-electron chi connectivity index (χ2n) is 6.81. The molecule has 2 N–H and O–H groups in total. The van der Waals surface area contributed by atoms with Crippen molar-refractivity contribution in [2.75, 3.05) is 7.05 Å². The van der Waals surface area contributed by atoms with E-state index in [1.165, 1.54) is 30.1 Å². The average Bonchev–Trinajstić information content (AvgIpc) is 3.35. The summed E-state index contributed by atoms with van der Waals surface area (Å²) in [6, 6.07) is 7.71. The molecule has 0 bridgehead atoms. The van der Waals surface area contributed by atoms with Gasteiger partial charge in [-0.05, 0) is 36.8 Å². The summed E-state index contributed by atoms with van der Waals surface area (Å²) >= 11 is 0. The van der Waals surface area contributed by atoms with E-state index in [0.29, 0.717) is 11.1 Å². The zero-order valence-corrected chi connectivity index (χ0v) is 15.8. The Morgan fingerprint density at radius 3 is 2.53 bits per heavy atom. The Labute approximate surface area is 169 Å². The van der Waals surface area contributed by atoms with Crippen LogP contribution in [0.4, 0.5) is 8.78 Å². The van der Waals surface area contributed by atoms with E-state index < -0.39 is 23.1 Å². The minimum Gasteiger partial charge on any atom is -0.457 e. The van der Waals surface area contributed by atoms with Crippen LogP contribution in [-0.2, 0) is 15.1 Å². The number of rotatable bonds is 5. The van der Waals surface area contributed by atoms with Crippen LogP contribution >= 0.6 is 0 Å². The molecule has 1 aliphatic heterocycles. The number of ether oxygens (including phenoxy) is 1. The Kier molecular flexibility index (Phi) is 4.69. The Morgan fingerprint density at radius 2 is 1.93 bits per heavy atom. The molecule has 30 heavy (non-hydrogen) atoms. The highest BCUT2D eigenvalue weighted by atomic mass is 19.2. The van der Waals surface area contributed by atoms with Crippen molar-refractivity contribution in [3.63, 3.8) is 0 Å². The third-order valence-corrected chi connectivity index (χ3v) is 5.21. The van der Waals surface area contributed by atoms with Gasteiger partial charge in [0.1, 0.15) is 17.0 Å². The molecule has 1 aromatic heterocycles. The van der Waals surface area contributed by atoms with E-state index in [9.17, 15) is 18.4 Å². The highest BCUT2D eigenvalue weighted by Gasteiger charge is 2.51. The van der Waals surface area contributed by atoms with Crippen LogP contribution in [-0.4, -0.2) is 34.0 Å². The standard InChI is InChI=1S/C20H16F2N4O4/c1-26-17(27)6-7-20(26,19(23)28)14-8-11(2-4-13(14)18-25-24-10-29-18)30-12-3-5-15(21)16(22)9-12/h2-5,8-10H,6-7H2,1H3,(H2,23,28). The summed E-state index contributed by atoms with van der Waals surface area (Å²) in [5.74, 6) is -2.67. The predicted molar refractivity (Wildman–Crippen MR) is 99.0 cm³/mol. The summed E-state index contributed by atoms with van der Waals surface area (Å²) in [4.78, 5) is 26.1. The highest BCUT2D eigenvalue weighted by Crippen LogP contribution is 2.44. The number of likely N-dealkylation sites (tertiary alicyclic amines) is 1. The molecule has 2 amide bonds. The van der Waals surface area contributed by atoms with E-state index in [2.05, 4.69) is 10.2 Å². The van der Waals surface area contributed by atoms with E-state index in [1.807, 2.05) is 0 Å². The van der Waals surface area contributed by atoms with E-state index in [1.54, 1.807) is 6.07 Å². The molecule has 1 aliphatic rings. The van der Waals surface area contributed by atoms with E-state index in [-0.39, 0.29) is 36.1 Å². The van der Waals surface area contributed by atoms with E-state index in [4.69, 9.17) is 14.9 Å². The van der Waals surface area contributed by atoms with Crippen molar-refractivity contribution < 1.29 is 27.5 Å². The van der Waals surface area contributed by atoms with Crippen LogP contribution in [0.3, 0.4) is 0 Å². The fourth-order valence-electron chi connectivity index (χ4n) is 3.66. The molecule has 154 valence electrons. The molecule has 2 aromatic carbocycles. The molecule has 1 saturated heterocycles. The van der Waals surface area contributed by atoms with Crippen molar-refractivity contribution in [3.05, 3.63) is 60.0 Å². The first kappa shape index (κ1) is 19.5. The van der Waals surface area contributed by atoms with Gasteiger partial charge >= 0.3 is 0 Å². The first-order valence-electron chi connectivity index (χ1n) is 8.93. The predicted octanol–water partition coefficient (Wildman–Crippen LogP) is 2.74. The van der Waals surface area contributed by atoms with E-state index >= 15 is 0 Å². The van der Waals surface area contributed by atoms with Crippen LogP contribution in [0, 0.1) is 11.6 Å². The Morgan fingerprint density at radius 1 is 1.20 bits per heavy atom. The average molecular weight is 414 g/mol. The van der Waals surface area contributed by atoms with Gasteiger partial charge in [0.05, 0.1) is 0 Å². The normalized spacial score (nSPS) is 18.6. The van der Waals surface area contributed by atoms with Crippen molar-refractivity contribution in [1.82, 2.24) is 15.1 Å². The molecule has 1 unspecified atom stereocenters. The molecular weight excluding hydrogens is 398 g/mol. The third-order valence-electron chi connectivity index (χ3n) is 5.21. The number of aromatic nitrogens is 2. The van der Waals surface area contributed by atoms with Crippen molar-refractivity contribution in [2.24, 2.45) is 5.73 Å². The van der Waals surface area contributed by atoms with E-state index in [0.717, 1.165) is 18.5 Å². The van der Waals surface area contributed by atoms with Crippen LogP contribution in [0.1, 0.15) is 18.4 Å². The van der Waals surface area contributed by atoms with Gasteiger partial charge in [0.2, 0.25) is 24.1 Å². The number of nitrogens with zero attached hydrogens (tertiary/aromatic N) is 3. The molecule has 1 fully saturated rings. The molecule has 3 aromatic rings. The molecule has 8 nitrogen and oxygen atoms in total. The second-order valence-corrected chi connectivity index (χ2v) is 6.81. The van der Waals surface area contributed by atoms with Crippen LogP contribution in [0.2, 0.25) is 0 Å². The lowest BCUT2D eigenvalue weighted by Gasteiger charge is -2.34. The fraction of sp³-hybridized carbons (Fsp3) is 0.200. The molecule has 4 rings (SSSR count). The second kappa shape index (κ2) is 7.21. The number of hydrogen-bond donors (Lipinski definition) is 1. The lowest BCUT2D eigenvalue weighted by atomic mass is 9.83. The Balaban J connectivity index is 1.86. The monoisotopic (exact) mass is 414 g/mol. The first-order valence-corrected chi connectivity index (χ1v) is 8.93. The van der Waals surface area contributed by atoms with Crippen molar-refractivity contribution >= 4 is 11.8 Å². The van der Waals surface area contributed by atoms with Crippen molar-refractivity contribution in [3.8, 4) is 23.0 Å². The highest BCUT2D eigenvalue weighted by molar-refractivity contribution is 5.96. The summed E-state index contributed by atoms with van der Waals surface area (Å²) in [5, 5.41) is 7.54. The van der Waals surface area contributed by atoms with Gasteiger partial charge in [0, 0.05) is 30.7 Å². The minimum absolute atomic E-state index is 0.0503. The van der Waals surface area contributed by atoms with Gasteiger partial charge in [-0.1, -0.05) is 0 Å². The number of carbonyl (C=O) groups is 2. The molecular formula is C20H16F2N4O4. The van der Waals surface area contributed by atoms with Gasteiger partial charge in [0.25, 0.3) is 0 Å². The smallest absolute Gasteiger partial charge is 0.248 e. The zero-order chi connectivity index (χ0) is 21.5. The first-order chi connectivity index (χ1) is 14.3. The molecule has 0 saturated carbocycles. The van der Waals surface area contributed by atoms with Gasteiger partial charge in [-0.25, -0.2) is 8.78 Å². The Hall–Kier alpha value is -3.82. The van der Waals surface area contributed by atoms with Crippen molar-refractivity contribution in [1.29, 1.82) is 0 Å². The molecule has 2 heterocycles. The number of hydrogen-bond acceptors (Lipinski definition) is 6. The SMILES string of the molecule is CN1C(=O)CCC1(C(N)=O)c1cc(Oc2ccc(F)c(F)c2)ccc1-c1nnco1. The van der Waals surface area contributed by atoms with Crippen LogP contribution in [0.15, 0.2) is 47.2 Å². The van der Waals surface area contributed by atoms with Gasteiger partial charge < -0.3 is 19.8 Å². The molecule has 0 aliphatic carbocycles. The van der Waals surface area contributed by atoms with Gasteiger partial charge in [-0.2, -0.15) is 0 Å². The van der Waals surface area contributed by atoms with Gasteiger partial charge in [-0.15, -0.1) is 10.2 Å². The van der Waals surface area contributed by atoms with Crippen LogP contribution in [0.25, 0.3) is 11.5 Å². The third kappa shape index (κ3) is 3.06. The lowest BCUT2D eigenvalue weighted by molar-refractivity contribution is -0.138. The number of amides is 2. The zero-order valence-electron chi connectivity index (χ0n) is 15.8. The van der Waals surface area contributed by atoms with Crippen LogP contribution in [0.5, 0.6) is 11.5 Å². The van der Waals surface area contributed by atoms with Gasteiger partial charge in [0.15, 0.2) is 11.6 Å². The number of halogens is 2. The summed E-state index contributed by atoms with van der Waals surface area (Å²) in [6.45, 7) is 0. The van der Waals surface area contributed by atoms with Crippen LogP contribution < -0.4 is 10.5 Å². The Bertz CT molecular complexity index is 1140. The summed E-state index contributed by atoms with van der Waals surface area (Å²) in [6.07, 6.45) is 1.40. The summed E-state index contributed by atoms with van der Waals surface area (Å²) < 4.78 is 37.7. The number of benzene rings is 2. The topological polar surface area (TPSA) is 112 Å². The summed E-state index contributed by atoms with van der Waals surface area (Å²) in [7, 11) is 1.49.